The van der Waals surface area contributed by atoms with Crippen LogP contribution < -0.4 is 10.6 Å². The lowest BCUT2D eigenvalue weighted by molar-refractivity contribution is -0.149. The summed E-state index contributed by atoms with van der Waals surface area (Å²) in [5.74, 6) is -1.72. The van der Waals surface area contributed by atoms with Crippen molar-refractivity contribution in [1.82, 2.24) is 5.32 Å². The first kappa shape index (κ1) is 18.9. The first-order valence-corrected chi connectivity index (χ1v) is 9.12. The molecule has 1 aliphatic heterocycles. The highest BCUT2D eigenvalue weighted by atomic mass is 32.2. The molecule has 0 aliphatic carbocycles. The summed E-state index contributed by atoms with van der Waals surface area (Å²) in [4.78, 5) is 36.7. The minimum atomic E-state index is -0.626. The Hall–Kier alpha value is -2.87. The molecule has 0 aromatic heterocycles. The Morgan fingerprint density at radius 2 is 1.89 bits per heavy atom. The Kier molecular flexibility index (Phi) is 6.08. The molecular weight excluding hydrogens is 371 g/mol. The molecule has 2 aromatic rings. The number of fused-ring (bicyclic) bond motifs is 1. The molecule has 140 valence electrons. The molecule has 0 spiro atoms. The standard InChI is InChI=1S/C19H17FN2O4S/c20-13-7-5-12(6-8-13)10-21-17(23)11-26-18(24)9-16-19(25)22-14-3-1-2-4-15(14)27-16/h1-8,16H,9-11H2,(H,21,23)(H,22,25). The van der Waals surface area contributed by atoms with E-state index >= 15 is 0 Å². The van der Waals surface area contributed by atoms with Crippen LogP contribution in [-0.2, 0) is 25.7 Å². The highest BCUT2D eigenvalue weighted by Gasteiger charge is 2.29. The number of esters is 1. The Morgan fingerprint density at radius 1 is 1.15 bits per heavy atom. The molecule has 2 amide bonds. The number of para-hydroxylation sites is 1. The summed E-state index contributed by atoms with van der Waals surface area (Å²) in [7, 11) is 0. The zero-order valence-corrected chi connectivity index (χ0v) is 15.1. The third-order valence-electron chi connectivity index (χ3n) is 3.83. The zero-order chi connectivity index (χ0) is 19.2. The van der Waals surface area contributed by atoms with E-state index in [-0.39, 0.29) is 24.7 Å². The van der Waals surface area contributed by atoms with Crippen molar-refractivity contribution in [3.8, 4) is 0 Å². The molecule has 0 saturated carbocycles. The van der Waals surface area contributed by atoms with Crippen LogP contribution in [0.3, 0.4) is 0 Å². The second kappa shape index (κ2) is 8.68. The van der Waals surface area contributed by atoms with Crippen LogP contribution in [-0.4, -0.2) is 29.6 Å². The molecule has 8 heteroatoms. The number of rotatable bonds is 6. The van der Waals surface area contributed by atoms with Gasteiger partial charge in [0.2, 0.25) is 5.91 Å². The van der Waals surface area contributed by atoms with E-state index in [9.17, 15) is 18.8 Å². The number of carbonyl (C=O) groups excluding carboxylic acids is 3. The maximum atomic E-state index is 12.8. The van der Waals surface area contributed by atoms with Gasteiger partial charge >= 0.3 is 5.97 Å². The second-order valence-corrected chi connectivity index (χ2v) is 7.10. The average Bonchev–Trinajstić information content (AvgIpc) is 2.66. The Balaban J connectivity index is 1.42. The van der Waals surface area contributed by atoms with Gasteiger partial charge in [-0.15, -0.1) is 11.8 Å². The number of amides is 2. The Labute approximate surface area is 159 Å². The molecule has 0 radical (unpaired) electrons. The molecule has 1 aliphatic rings. The fraction of sp³-hybridized carbons (Fsp3) is 0.211. The SMILES string of the molecule is O=C(COC(=O)CC1Sc2ccccc2NC1=O)NCc1ccc(F)cc1. The molecule has 27 heavy (non-hydrogen) atoms. The number of benzene rings is 2. The first-order valence-electron chi connectivity index (χ1n) is 8.24. The molecule has 0 saturated heterocycles. The van der Waals surface area contributed by atoms with Crippen LogP contribution in [0.5, 0.6) is 0 Å². The number of hydrogen-bond donors (Lipinski definition) is 2. The van der Waals surface area contributed by atoms with E-state index in [1.54, 1.807) is 18.2 Å². The summed E-state index contributed by atoms with van der Waals surface area (Å²) in [5, 5.41) is 4.72. The fourth-order valence-electron chi connectivity index (χ4n) is 2.44. The molecule has 2 aromatic carbocycles. The molecule has 1 heterocycles. The predicted octanol–water partition coefficient (Wildman–Crippen LogP) is 2.49. The normalized spacial score (nSPS) is 15.4. The van der Waals surface area contributed by atoms with Crippen LogP contribution in [0.15, 0.2) is 53.4 Å². The van der Waals surface area contributed by atoms with Gasteiger partial charge in [-0.25, -0.2) is 4.39 Å². The number of nitrogens with one attached hydrogen (secondary N) is 2. The lowest BCUT2D eigenvalue weighted by Gasteiger charge is -2.23. The lowest BCUT2D eigenvalue weighted by atomic mass is 10.2. The second-order valence-electron chi connectivity index (χ2n) is 5.86. The van der Waals surface area contributed by atoms with Gasteiger partial charge in [0.25, 0.3) is 5.91 Å². The minimum Gasteiger partial charge on any atom is -0.456 e. The predicted molar refractivity (Wildman–Crippen MR) is 98.5 cm³/mol. The molecule has 1 unspecified atom stereocenters. The van der Waals surface area contributed by atoms with Crippen molar-refractivity contribution in [1.29, 1.82) is 0 Å². The van der Waals surface area contributed by atoms with Crippen molar-refractivity contribution in [2.24, 2.45) is 0 Å². The first-order chi connectivity index (χ1) is 13.0. The zero-order valence-electron chi connectivity index (χ0n) is 14.2. The third kappa shape index (κ3) is 5.30. The Bertz CT molecular complexity index is 857. The number of ether oxygens (including phenoxy) is 1. The highest BCUT2D eigenvalue weighted by molar-refractivity contribution is 8.01. The summed E-state index contributed by atoms with van der Waals surface area (Å²) in [6.07, 6.45) is -0.129. The van der Waals surface area contributed by atoms with Gasteiger partial charge in [-0.1, -0.05) is 24.3 Å². The van der Waals surface area contributed by atoms with E-state index in [4.69, 9.17) is 4.74 Å². The summed E-state index contributed by atoms with van der Waals surface area (Å²) < 4.78 is 17.8. The van der Waals surface area contributed by atoms with Crippen LogP contribution in [0.25, 0.3) is 0 Å². The van der Waals surface area contributed by atoms with Gasteiger partial charge in [0.05, 0.1) is 17.4 Å². The van der Waals surface area contributed by atoms with Crippen molar-refractivity contribution in [2.45, 2.75) is 23.1 Å². The van der Waals surface area contributed by atoms with Gasteiger partial charge < -0.3 is 15.4 Å². The maximum Gasteiger partial charge on any atom is 0.307 e. The van der Waals surface area contributed by atoms with Crippen LogP contribution in [0.4, 0.5) is 10.1 Å². The number of halogens is 1. The van der Waals surface area contributed by atoms with Crippen molar-refractivity contribution in [3.05, 3.63) is 59.9 Å². The van der Waals surface area contributed by atoms with Crippen LogP contribution in [0.2, 0.25) is 0 Å². The highest BCUT2D eigenvalue weighted by Crippen LogP contribution is 2.36. The lowest BCUT2D eigenvalue weighted by Crippen LogP contribution is -2.33. The molecule has 6 nitrogen and oxygen atoms in total. The summed E-state index contributed by atoms with van der Waals surface area (Å²) in [5.41, 5.74) is 1.45. The molecular formula is C19H17FN2O4S. The quantitative estimate of drug-likeness (QED) is 0.743. The van der Waals surface area contributed by atoms with Crippen LogP contribution in [0, 0.1) is 5.82 Å². The molecule has 0 bridgehead atoms. The summed E-state index contributed by atoms with van der Waals surface area (Å²) in [6.45, 7) is -0.232. The van der Waals surface area contributed by atoms with Gasteiger partial charge in [-0.3, -0.25) is 14.4 Å². The number of hydrogen-bond acceptors (Lipinski definition) is 5. The largest absolute Gasteiger partial charge is 0.456 e. The van der Waals surface area contributed by atoms with E-state index in [0.717, 1.165) is 16.1 Å². The van der Waals surface area contributed by atoms with Crippen molar-refractivity contribution < 1.29 is 23.5 Å². The molecule has 1 atom stereocenters. The van der Waals surface area contributed by atoms with Crippen molar-refractivity contribution >= 4 is 35.2 Å². The van der Waals surface area contributed by atoms with E-state index in [1.807, 2.05) is 18.2 Å². The van der Waals surface area contributed by atoms with Gasteiger partial charge in [-0.05, 0) is 29.8 Å². The topological polar surface area (TPSA) is 84.5 Å². The monoisotopic (exact) mass is 388 g/mol. The number of carbonyl (C=O) groups is 3. The van der Waals surface area contributed by atoms with E-state index in [2.05, 4.69) is 10.6 Å². The van der Waals surface area contributed by atoms with Crippen LogP contribution >= 0.6 is 11.8 Å². The van der Waals surface area contributed by atoms with E-state index in [1.165, 1.54) is 23.9 Å². The molecule has 0 fully saturated rings. The van der Waals surface area contributed by atoms with Crippen LogP contribution in [0.1, 0.15) is 12.0 Å². The van der Waals surface area contributed by atoms with Crippen molar-refractivity contribution in [3.63, 3.8) is 0 Å². The Morgan fingerprint density at radius 3 is 2.67 bits per heavy atom. The molecule has 2 N–H and O–H groups in total. The molecule has 3 rings (SSSR count). The summed E-state index contributed by atoms with van der Waals surface area (Å²) >= 11 is 1.29. The third-order valence-corrected chi connectivity index (χ3v) is 5.10. The van der Waals surface area contributed by atoms with Gasteiger partial charge in [-0.2, -0.15) is 0 Å². The average molecular weight is 388 g/mol. The maximum absolute atomic E-state index is 12.8. The van der Waals surface area contributed by atoms with Crippen molar-refractivity contribution in [2.75, 3.05) is 11.9 Å². The van der Waals surface area contributed by atoms with E-state index in [0.29, 0.717) is 0 Å². The van der Waals surface area contributed by atoms with Gasteiger partial charge in [0.1, 0.15) is 5.82 Å². The van der Waals surface area contributed by atoms with E-state index < -0.39 is 23.7 Å². The fourth-order valence-corrected chi connectivity index (χ4v) is 3.53. The minimum absolute atomic E-state index is 0.129. The number of thioether (sulfide) groups is 1. The summed E-state index contributed by atoms with van der Waals surface area (Å²) in [6, 6.07) is 13.0. The number of anilines is 1. The van der Waals surface area contributed by atoms with Gasteiger partial charge in [0.15, 0.2) is 6.61 Å². The smallest absolute Gasteiger partial charge is 0.307 e. The van der Waals surface area contributed by atoms with Gasteiger partial charge in [0, 0.05) is 11.4 Å².